The van der Waals surface area contributed by atoms with Crippen LogP contribution in [0.1, 0.15) is 0 Å². The normalized spacial score (nSPS) is 12.3. The Bertz CT molecular complexity index is 1060. The van der Waals surface area contributed by atoms with Gasteiger partial charge in [0.15, 0.2) is 5.76 Å². The van der Waals surface area contributed by atoms with Gasteiger partial charge in [-0.1, -0.05) is 17.3 Å². The Morgan fingerprint density at radius 3 is 2.86 bits per heavy atom. The van der Waals surface area contributed by atoms with Crippen molar-refractivity contribution in [3.8, 4) is 11.5 Å². The molecule has 0 spiro atoms. The first-order valence-corrected chi connectivity index (χ1v) is 6.64. The van der Waals surface area contributed by atoms with Gasteiger partial charge in [-0.3, -0.25) is 4.98 Å². The molecule has 0 aliphatic carbocycles. The van der Waals surface area contributed by atoms with Crippen molar-refractivity contribution < 1.29 is 14.8 Å². The number of nitrogens with zero attached hydrogens (tertiary/aromatic N) is 3. The SMILES string of the molecule is ON=c1cc(-c2cc3ccn(O)c3cn2)oc2ccccc12. The van der Waals surface area contributed by atoms with E-state index in [0.29, 0.717) is 27.9 Å². The van der Waals surface area contributed by atoms with Gasteiger partial charge in [0.1, 0.15) is 22.2 Å². The number of rotatable bonds is 1. The Morgan fingerprint density at radius 1 is 1.14 bits per heavy atom. The summed E-state index contributed by atoms with van der Waals surface area (Å²) in [6.07, 6.45) is 3.10. The highest BCUT2D eigenvalue weighted by Gasteiger charge is 2.09. The Hall–Kier alpha value is -3.28. The van der Waals surface area contributed by atoms with E-state index < -0.39 is 0 Å². The maximum atomic E-state index is 9.60. The minimum atomic E-state index is 0.415. The van der Waals surface area contributed by atoms with Gasteiger partial charge >= 0.3 is 0 Å². The van der Waals surface area contributed by atoms with Crippen LogP contribution in [0, 0.1) is 0 Å². The van der Waals surface area contributed by atoms with Crippen molar-refractivity contribution in [2.24, 2.45) is 5.16 Å². The summed E-state index contributed by atoms with van der Waals surface area (Å²) in [5, 5.41) is 24.1. The Morgan fingerprint density at radius 2 is 2.00 bits per heavy atom. The van der Waals surface area contributed by atoms with Crippen molar-refractivity contribution in [3.05, 3.63) is 60.2 Å². The fourth-order valence-electron chi connectivity index (χ4n) is 2.48. The number of para-hydroxylation sites is 1. The number of benzene rings is 1. The maximum absolute atomic E-state index is 9.60. The predicted molar refractivity (Wildman–Crippen MR) is 79.5 cm³/mol. The summed E-state index contributed by atoms with van der Waals surface area (Å²) in [6, 6.07) is 12.5. The lowest BCUT2D eigenvalue weighted by Crippen LogP contribution is -2.03. The predicted octanol–water partition coefficient (Wildman–Crippen LogP) is 2.98. The molecule has 2 N–H and O–H groups in total. The smallest absolute Gasteiger partial charge is 0.155 e. The van der Waals surface area contributed by atoms with E-state index in [0.717, 1.165) is 15.5 Å². The van der Waals surface area contributed by atoms with Gasteiger partial charge in [0.2, 0.25) is 0 Å². The van der Waals surface area contributed by atoms with Crippen LogP contribution in [0.4, 0.5) is 0 Å². The third-order valence-electron chi connectivity index (χ3n) is 3.57. The van der Waals surface area contributed by atoms with Crippen molar-refractivity contribution in [2.75, 3.05) is 0 Å². The molecule has 0 unspecified atom stereocenters. The fourth-order valence-corrected chi connectivity index (χ4v) is 2.48. The van der Waals surface area contributed by atoms with Crippen LogP contribution in [-0.4, -0.2) is 20.1 Å². The average molecular weight is 293 g/mol. The molecule has 108 valence electrons. The number of hydrogen-bond acceptors (Lipinski definition) is 5. The molecular formula is C16H11N3O3. The van der Waals surface area contributed by atoms with Gasteiger partial charge in [-0.05, 0) is 24.3 Å². The maximum Gasteiger partial charge on any atom is 0.155 e. The zero-order valence-corrected chi connectivity index (χ0v) is 11.3. The van der Waals surface area contributed by atoms with E-state index in [1.165, 1.54) is 0 Å². The van der Waals surface area contributed by atoms with Gasteiger partial charge < -0.3 is 14.8 Å². The van der Waals surface area contributed by atoms with Crippen LogP contribution in [0.15, 0.2) is 64.4 Å². The van der Waals surface area contributed by atoms with Gasteiger partial charge in [-0.2, -0.15) is 4.73 Å². The summed E-state index contributed by atoms with van der Waals surface area (Å²) >= 11 is 0. The molecule has 0 saturated heterocycles. The third kappa shape index (κ3) is 1.81. The molecule has 6 nitrogen and oxygen atoms in total. The van der Waals surface area contributed by atoms with Crippen LogP contribution in [0.5, 0.6) is 0 Å². The van der Waals surface area contributed by atoms with E-state index in [1.54, 1.807) is 36.7 Å². The zero-order chi connectivity index (χ0) is 15.1. The lowest BCUT2D eigenvalue weighted by Gasteiger charge is -2.04. The van der Waals surface area contributed by atoms with E-state index in [1.807, 2.05) is 18.2 Å². The van der Waals surface area contributed by atoms with Crippen LogP contribution in [0.25, 0.3) is 33.3 Å². The van der Waals surface area contributed by atoms with Gasteiger partial charge in [-0.25, -0.2) is 0 Å². The summed E-state index contributed by atoms with van der Waals surface area (Å²) in [6.45, 7) is 0. The number of fused-ring (bicyclic) bond motifs is 2. The molecule has 6 heteroatoms. The van der Waals surface area contributed by atoms with E-state index in [-0.39, 0.29) is 0 Å². The zero-order valence-electron chi connectivity index (χ0n) is 11.3. The largest absolute Gasteiger partial charge is 0.454 e. The monoisotopic (exact) mass is 293 g/mol. The molecule has 0 fully saturated rings. The Balaban J connectivity index is 1.99. The molecule has 0 amide bonds. The summed E-state index contributed by atoms with van der Waals surface area (Å²) in [7, 11) is 0. The second-order valence-electron chi connectivity index (χ2n) is 4.88. The van der Waals surface area contributed by atoms with E-state index >= 15 is 0 Å². The summed E-state index contributed by atoms with van der Waals surface area (Å²) < 4.78 is 6.86. The van der Waals surface area contributed by atoms with Crippen molar-refractivity contribution >= 4 is 21.9 Å². The summed E-state index contributed by atoms with van der Waals surface area (Å²) in [4.78, 5) is 4.29. The van der Waals surface area contributed by atoms with Crippen LogP contribution >= 0.6 is 0 Å². The second-order valence-corrected chi connectivity index (χ2v) is 4.88. The molecular weight excluding hydrogens is 282 g/mol. The first-order valence-electron chi connectivity index (χ1n) is 6.64. The average Bonchev–Trinajstić information content (AvgIpc) is 2.94. The van der Waals surface area contributed by atoms with Gasteiger partial charge in [0.25, 0.3) is 0 Å². The van der Waals surface area contributed by atoms with Crippen LogP contribution in [-0.2, 0) is 0 Å². The Kier molecular flexibility index (Phi) is 2.62. The molecule has 0 radical (unpaired) electrons. The summed E-state index contributed by atoms with van der Waals surface area (Å²) in [5.74, 6) is 0.485. The molecule has 0 bridgehead atoms. The molecule has 0 aliphatic heterocycles. The molecule has 3 heterocycles. The highest BCUT2D eigenvalue weighted by Crippen LogP contribution is 2.24. The van der Waals surface area contributed by atoms with Crippen LogP contribution < -0.4 is 5.36 Å². The molecule has 4 rings (SSSR count). The third-order valence-corrected chi connectivity index (χ3v) is 3.57. The highest BCUT2D eigenvalue weighted by molar-refractivity contribution is 5.83. The van der Waals surface area contributed by atoms with Crippen molar-refractivity contribution in [1.82, 2.24) is 9.71 Å². The second kappa shape index (κ2) is 4.63. The first kappa shape index (κ1) is 12.5. The lowest BCUT2D eigenvalue weighted by atomic mass is 10.2. The topological polar surface area (TPSA) is 83.8 Å². The minimum Gasteiger partial charge on any atom is -0.454 e. The quantitative estimate of drug-likeness (QED) is 0.321. The standard InChI is InChI=1S/C16H11N3O3/c20-18-12-8-16(22-15-4-2-1-3-11(12)15)13-7-10-5-6-19(21)14(10)9-17-13/h1-9,20-21H. The molecule has 1 aromatic carbocycles. The molecule has 3 aromatic heterocycles. The van der Waals surface area contributed by atoms with Crippen LogP contribution in [0.2, 0.25) is 0 Å². The Labute approximate surface area is 124 Å². The minimum absolute atomic E-state index is 0.415. The molecule has 0 aliphatic rings. The molecule has 22 heavy (non-hydrogen) atoms. The van der Waals surface area contributed by atoms with E-state index in [2.05, 4.69) is 10.1 Å². The van der Waals surface area contributed by atoms with Crippen molar-refractivity contribution in [1.29, 1.82) is 0 Å². The fraction of sp³-hybridized carbons (Fsp3) is 0. The van der Waals surface area contributed by atoms with Crippen LogP contribution in [0.3, 0.4) is 0 Å². The number of hydrogen-bond donors (Lipinski definition) is 2. The molecule has 0 saturated carbocycles. The van der Waals surface area contributed by atoms with Gasteiger partial charge in [0, 0.05) is 23.0 Å². The van der Waals surface area contributed by atoms with E-state index in [4.69, 9.17) is 4.42 Å². The lowest BCUT2D eigenvalue weighted by molar-refractivity contribution is 0.200. The van der Waals surface area contributed by atoms with Crippen molar-refractivity contribution in [3.63, 3.8) is 0 Å². The van der Waals surface area contributed by atoms with E-state index in [9.17, 15) is 10.4 Å². The molecule has 4 aromatic rings. The first-order chi connectivity index (χ1) is 10.8. The van der Waals surface area contributed by atoms with Crippen molar-refractivity contribution in [2.45, 2.75) is 0 Å². The summed E-state index contributed by atoms with van der Waals surface area (Å²) in [5.41, 5.74) is 1.81. The number of pyridine rings is 1. The highest BCUT2D eigenvalue weighted by atomic mass is 16.5. The van der Waals surface area contributed by atoms with Gasteiger partial charge in [0.05, 0.1) is 6.20 Å². The van der Waals surface area contributed by atoms with Gasteiger partial charge in [-0.15, -0.1) is 0 Å². The number of aromatic nitrogens is 2. The molecule has 0 atom stereocenters.